The van der Waals surface area contributed by atoms with Gasteiger partial charge in [-0.05, 0) is 56.4 Å². The number of rotatable bonds is 2. The van der Waals surface area contributed by atoms with Gasteiger partial charge in [-0.15, -0.1) is 0 Å². The first-order valence-corrected chi connectivity index (χ1v) is 8.15. The molecule has 3 atom stereocenters. The van der Waals surface area contributed by atoms with Crippen LogP contribution in [-0.2, 0) is 4.79 Å². The fourth-order valence-electron chi connectivity index (χ4n) is 3.84. The molecule has 3 amide bonds. The summed E-state index contributed by atoms with van der Waals surface area (Å²) in [6.45, 7) is 1.53. The van der Waals surface area contributed by atoms with E-state index in [1.165, 1.54) is 19.1 Å². The van der Waals surface area contributed by atoms with E-state index < -0.39 is 0 Å². The SMILES string of the molecule is CC(=O)NC1C[C@H]2CCC[C@@H](C1)N2C(=O)Nc1ccc(F)cc1. The van der Waals surface area contributed by atoms with Crippen molar-refractivity contribution in [3.8, 4) is 0 Å². The first-order chi connectivity index (χ1) is 11.0. The summed E-state index contributed by atoms with van der Waals surface area (Å²) in [7, 11) is 0. The Kier molecular flexibility index (Phi) is 4.50. The van der Waals surface area contributed by atoms with Gasteiger partial charge in [0.2, 0.25) is 5.91 Å². The quantitative estimate of drug-likeness (QED) is 0.880. The van der Waals surface area contributed by atoms with Crippen LogP contribution in [0, 0.1) is 5.82 Å². The maximum absolute atomic E-state index is 13.0. The van der Waals surface area contributed by atoms with Crippen molar-refractivity contribution in [2.24, 2.45) is 0 Å². The number of nitrogens with one attached hydrogen (secondary N) is 2. The largest absolute Gasteiger partial charge is 0.353 e. The zero-order valence-electron chi connectivity index (χ0n) is 13.2. The van der Waals surface area contributed by atoms with Gasteiger partial charge in [0.25, 0.3) is 0 Å². The average Bonchev–Trinajstić information content (AvgIpc) is 2.48. The number of amides is 3. The van der Waals surface area contributed by atoms with Gasteiger partial charge < -0.3 is 15.5 Å². The van der Waals surface area contributed by atoms with E-state index in [-0.39, 0.29) is 35.9 Å². The Morgan fingerprint density at radius 2 is 1.74 bits per heavy atom. The van der Waals surface area contributed by atoms with Crippen molar-refractivity contribution in [3.05, 3.63) is 30.1 Å². The predicted molar refractivity (Wildman–Crippen MR) is 85.5 cm³/mol. The standard InChI is InChI=1S/C17H22FN3O2/c1-11(22)19-14-9-15-3-2-4-16(10-14)21(15)17(23)20-13-7-5-12(18)6-8-13/h5-8,14-16H,2-4,9-10H2,1H3,(H,19,22)(H,20,23)/t14?,15-,16+. The molecule has 1 aromatic rings. The summed E-state index contributed by atoms with van der Waals surface area (Å²) in [5.74, 6) is -0.340. The van der Waals surface area contributed by atoms with Crippen LogP contribution in [0.5, 0.6) is 0 Å². The highest BCUT2D eigenvalue weighted by molar-refractivity contribution is 5.90. The number of hydrogen-bond donors (Lipinski definition) is 2. The molecule has 2 aliphatic heterocycles. The smallest absolute Gasteiger partial charge is 0.322 e. The highest BCUT2D eigenvalue weighted by Gasteiger charge is 2.41. The molecule has 0 aliphatic carbocycles. The van der Waals surface area contributed by atoms with Crippen LogP contribution in [0.2, 0.25) is 0 Å². The maximum Gasteiger partial charge on any atom is 0.322 e. The molecule has 2 saturated heterocycles. The first-order valence-electron chi connectivity index (χ1n) is 8.15. The molecule has 124 valence electrons. The van der Waals surface area contributed by atoms with E-state index in [0.717, 1.165) is 32.1 Å². The molecule has 2 fully saturated rings. The molecule has 2 aliphatic rings. The number of benzene rings is 1. The van der Waals surface area contributed by atoms with Gasteiger partial charge in [-0.25, -0.2) is 9.18 Å². The number of nitrogens with zero attached hydrogens (tertiary/aromatic N) is 1. The predicted octanol–water partition coefficient (Wildman–Crippen LogP) is 2.88. The van der Waals surface area contributed by atoms with Gasteiger partial charge in [-0.1, -0.05) is 0 Å². The molecule has 0 spiro atoms. The average molecular weight is 319 g/mol. The van der Waals surface area contributed by atoms with Crippen LogP contribution >= 0.6 is 0 Å². The molecule has 0 radical (unpaired) electrons. The summed E-state index contributed by atoms with van der Waals surface area (Å²) in [5, 5.41) is 5.84. The third-order valence-electron chi connectivity index (χ3n) is 4.71. The third-order valence-corrected chi connectivity index (χ3v) is 4.71. The van der Waals surface area contributed by atoms with Crippen molar-refractivity contribution in [2.75, 3.05) is 5.32 Å². The van der Waals surface area contributed by atoms with Gasteiger partial charge >= 0.3 is 6.03 Å². The van der Waals surface area contributed by atoms with E-state index in [0.29, 0.717) is 5.69 Å². The molecule has 23 heavy (non-hydrogen) atoms. The van der Waals surface area contributed by atoms with Gasteiger partial charge in [0, 0.05) is 30.7 Å². The molecular formula is C17H22FN3O2. The molecular weight excluding hydrogens is 297 g/mol. The summed E-state index contributed by atoms with van der Waals surface area (Å²) in [4.78, 5) is 25.8. The second-order valence-corrected chi connectivity index (χ2v) is 6.45. The number of halogens is 1. The molecule has 1 unspecified atom stereocenters. The number of urea groups is 1. The van der Waals surface area contributed by atoms with Gasteiger partial charge in [0.15, 0.2) is 0 Å². The lowest BCUT2D eigenvalue weighted by Crippen LogP contribution is -2.59. The second kappa shape index (κ2) is 6.56. The van der Waals surface area contributed by atoms with Gasteiger partial charge in [-0.3, -0.25) is 4.79 Å². The Morgan fingerprint density at radius 1 is 1.13 bits per heavy atom. The molecule has 2 N–H and O–H groups in total. The number of hydrogen-bond acceptors (Lipinski definition) is 2. The second-order valence-electron chi connectivity index (χ2n) is 6.45. The minimum Gasteiger partial charge on any atom is -0.353 e. The van der Waals surface area contributed by atoms with Gasteiger partial charge in [-0.2, -0.15) is 0 Å². The highest BCUT2D eigenvalue weighted by atomic mass is 19.1. The van der Waals surface area contributed by atoms with Crippen molar-refractivity contribution in [1.29, 1.82) is 0 Å². The molecule has 2 heterocycles. The van der Waals surface area contributed by atoms with Crippen LogP contribution in [0.3, 0.4) is 0 Å². The fourth-order valence-corrected chi connectivity index (χ4v) is 3.84. The van der Waals surface area contributed by atoms with E-state index in [1.54, 1.807) is 12.1 Å². The Morgan fingerprint density at radius 3 is 2.30 bits per heavy atom. The monoisotopic (exact) mass is 319 g/mol. The fraction of sp³-hybridized carbons (Fsp3) is 0.529. The molecule has 3 rings (SSSR count). The summed E-state index contributed by atoms with van der Waals surface area (Å²) < 4.78 is 13.0. The Balaban J connectivity index is 1.68. The Labute approximate surface area is 135 Å². The van der Waals surface area contributed by atoms with Gasteiger partial charge in [0.1, 0.15) is 5.82 Å². The molecule has 0 aromatic heterocycles. The maximum atomic E-state index is 13.0. The topological polar surface area (TPSA) is 61.4 Å². The van der Waals surface area contributed by atoms with Crippen molar-refractivity contribution in [2.45, 2.75) is 57.2 Å². The summed E-state index contributed by atoms with van der Waals surface area (Å²) in [6, 6.07) is 6.11. The van der Waals surface area contributed by atoms with Crippen molar-refractivity contribution < 1.29 is 14.0 Å². The molecule has 2 bridgehead atoms. The van der Waals surface area contributed by atoms with E-state index in [4.69, 9.17) is 0 Å². The summed E-state index contributed by atoms with van der Waals surface area (Å²) >= 11 is 0. The Bertz CT molecular complexity index is 576. The normalized spacial score (nSPS) is 26.5. The lowest BCUT2D eigenvalue weighted by molar-refractivity contribution is -0.120. The number of piperidine rings is 2. The highest BCUT2D eigenvalue weighted by Crippen LogP contribution is 2.34. The van der Waals surface area contributed by atoms with Crippen LogP contribution in [0.1, 0.15) is 39.0 Å². The minimum absolute atomic E-state index is 0.0164. The minimum atomic E-state index is -0.323. The van der Waals surface area contributed by atoms with Crippen LogP contribution in [0.4, 0.5) is 14.9 Å². The Hall–Kier alpha value is -2.11. The van der Waals surface area contributed by atoms with Crippen LogP contribution in [0.25, 0.3) is 0 Å². The molecule has 6 heteroatoms. The van der Waals surface area contributed by atoms with Gasteiger partial charge in [0.05, 0.1) is 0 Å². The first kappa shape index (κ1) is 15.8. The lowest BCUT2D eigenvalue weighted by atomic mass is 9.82. The van der Waals surface area contributed by atoms with Crippen LogP contribution < -0.4 is 10.6 Å². The molecule has 1 aromatic carbocycles. The number of fused-ring (bicyclic) bond motifs is 2. The number of carbonyl (C=O) groups is 2. The zero-order valence-corrected chi connectivity index (χ0v) is 13.2. The van der Waals surface area contributed by atoms with E-state index in [2.05, 4.69) is 10.6 Å². The zero-order chi connectivity index (χ0) is 16.4. The molecule has 0 saturated carbocycles. The van der Waals surface area contributed by atoms with E-state index >= 15 is 0 Å². The van der Waals surface area contributed by atoms with E-state index in [1.807, 2.05) is 4.90 Å². The summed E-state index contributed by atoms with van der Waals surface area (Å²) in [6.07, 6.45) is 4.63. The van der Waals surface area contributed by atoms with Crippen molar-refractivity contribution >= 4 is 17.6 Å². The van der Waals surface area contributed by atoms with Crippen molar-refractivity contribution in [3.63, 3.8) is 0 Å². The number of anilines is 1. The number of carbonyl (C=O) groups excluding carboxylic acids is 2. The molecule has 5 nitrogen and oxygen atoms in total. The van der Waals surface area contributed by atoms with E-state index in [9.17, 15) is 14.0 Å². The van der Waals surface area contributed by atoms with Crippen LogP contribution in [-0.4, -0.2) is 35.0 Å². The van der Waals surface area contributed by atoms with Crippen LogP contribution in [0.15, 0.2) is 24.3 Å². The third kappa shape index (κ3) is 3.63. The summed E-state index contributed by atoms with van der Waals surface area (Å²) in [5.41, 5.74) is 0.596. The lowest BCUT2D eigenvalue weighted by Gasteiger charge is -2.48. The van der Waals surface area contributed by atoms with Crippen molar-refractivity contribution in [1.82, 2.24) is 10.2 Å².